The van der Waals surface area contributed by atoms with E-state index in [9.17, 15) is 0 Å². The summed E-state index contributed by atoms with van der Waals surface area (Å²) in [6, 6.07) is 7.78. The van der Waals surface area contributed by atoms with Gasteiger partial charge in [-0.15, -0.1) is 11.6 Å². The van der Waals surface area contributed by atoms with E-state index in [0.29, 0.717) is 5.88 Å². The van der Waals surface area contributed by atoms with Gasteiger partial charge in [-0.3, -0.25) is 4.68 Å². The molecular formula is C14H15Cl3N2. The second-order valence-electron chi connectivity index (χ2n) is 4.58. The van der Waals surface area contributed by atoms with Crippen LogP contribution < -0.4 is 0 Å². The fraction of sp³-hybridized carbons (Fsp3) is 0.357. The van der Waals surface area contributed by atoms with Gasteiger partial charge in [0.15, 0.2) is 0 Å². The molecule has 0 aliphatic rings. The lowest BCUT2D eigenvalue weighted by atomic mass is 9.96. The van der Waals surface area contributed by atoms with E-state index in [-0.39, 0.29) is 5.92 Å². The quantitative estimate of drug-likeness (QED) is 0.754. The third-order valence-electron chi connectivity index (χ3n) is 3.23. The van der Waals surface area contributed by atoms with Gasteiger partial charge in [-0.05, 0) is 31.0 Å². The van der Waals surface area contributed by atoms with E-state index < -0.39 is 0 Å². The van der Waals surface area contributed by atoms with Crippen LogP contribution in [-0.4, -0.2) is 15.7 Å². The lowest BCUT2D eigenvalue weighted by Crippen LogP contribution is -2.09. The number of rotatable bonds is 4. The van der Waals surface area contributed by atoms with Crippen LogP contribution in [0.3, 0.4) is 0 Å². The molecule has 0 saturated heterocycles. The average Bonchev–Trinajstić information content (AvgIpc) is 2.63. The second kappa shape index (κ2) is 6.17. The Morgan fingerprint density at radius 3 is 2.32 bits per heavy atom. The first-order chi connectivity index (χ1) is 9.02. The summed E-state index contributed by atoms with van der Waals surface area (Å²) in [6.45, 7) is 1.91. The van der Waals surface area contributed by atoms with E-state index in [1.54, 1.807) is 0 Å². The maximum Gasteiger partial charge on any atom is 0.0847 e. The summed E-state index contributed by atoms with van der Waals surface area (Å²) < 4.78 is 1.83. The van der Waals surface area contributed by atoms with E-state index in [1.165, 1.54) is 0 Å². The number of aromatic nitrogens is 2. The van der Waals surface area contributed by atoms with Crippen LogP contribution in [0, 0.1) is 6.92 Å². The standard InChI is InChI=1S/C14H15Cl3N2/c1-9-14(17)13(19(2)18-9)7-11(8-15)10-3-5-12(16)6-4-10/h3-6,11H,7-8H2,1-2H3. The summed E-state index contributed by atoms with van der Waals surface area (Å²) >= 11 is 18.3. The molecular weight excluding hydrogens is 303 g/mol. The van der Waals surface area contributed by atoms with Crippen LogP contribution in [0.5, 0.6) is 0 Å². The molecule has 2 rings (SSSR count). The van der Waals surface area contributed by atoms with E-state index in [1.807, 2.05) is 42.9 Å². The van der Waals surface area contributed by atoms with Crippen molar-refractivity contribution < 1.29 is 0 Å². The lowest BCUT2D eigenvalue weighted by Gasteiger charge is -2.15. The van der Waals surface area contributed by atoms with Gasteiger partial charge in [0.25, 0.3) is 0 Å². The highest BCUT2D eigenvalue weighted by molar-refractivity contribution is 6.32. The van der Waals surface area contributed by atoms with Crippen LogP contribution in [0.1, 0.15) is 22.9 Å². The Hall–Kier alpha value is -0.700. The van der Waals surface area contributed by atoms with E-state index in [2.05, 4.69) is 5.10 Å². The highest BCUT2D eigenvalue weighted by atomic mass is 35.5. The SMILES string of the molecule is Cc1nn(C)c(CC(CCl)c2ccc(Cl)cc2)c1Cl. The van der Waals surface area contributed by atoms with Gasteiger partial charge in [-0.25, -0.2) is 0 Å². The zero-order chi connectivity index (χ0) is 14.0. The molecule has 1 heterocycles. The minimum atomic E-state index is 0.200. The summed E-state index contributed by atoms with van der Waals surface area (Å²) in [4.78, 5) is 0. The number of alkyl halides is 1. The molecule has 1 atom stereocenters. The van der Waals surface area contributed by atoms with Crippen LogP contribution in [-0.2, 0) is 13.5 Å². The second-order valence-corrected chi connectivity index (χ2v) is 5.70. The maximum atomic E-state index is 6.28. The molecule has 0 spiro atoms. The molecule has 0 bridgehead atoms. The molecule has 5 heteroatoms. The van der Waals surface area contributed by atoms with Crippen molar-refractivity contribution in [2.45, 2.75) is 19.3 Å². The molecule has 1 aromatic heterocycles. The fourth-order valence-corrected chi connectivity index (χ4v) is 2.78. The van der Waals surface area contributed by atoms with Crippen molar-refractivity contribution in [2.24, 2.45) is 7.05 Å². The molecule has 19 heavy (non-hydrogen) atoms. The summed E-state index contributed by atoms with van der Waals surface area (Å²) in [5.41, 5.74) is 3.03. The third-order valence-corrected chi connectivity index (χ3v) is 4.35. The number of benzene rings is 1. The molecule has 1 unspecified atom stereocenters. The van der Waals surface area contributed by atoms with Gasteiger partial charge >= 0.3 is 0 Å². The number of aryl methyl sites for hydroxylation is 2. The predicted octanol–water partition coefficient (Wildman–Crippen LogP) is 4.60. The van der Waals surface area contributed by atoms with Crippen LogP contribution in [0.15, 0.2) is 24.3 Å². The molecule has 102 valence electrons. The topological polar surface area (TPSA) is 17.8 Å². The van der Waals surface area contributed by atoms with Gasteiger partial charge in [0, 0.05) is 23.9 Å². The van der Waals surface area contributed by atoms with Gasteiger partial charge < -0.3 is 0 Å². The Morgan fingerprint density at radius 1 is 1.21 bits per heavy atom. The number of hydrogen-bond acceptors (Lipinski definition) is 1. The molecule has 0 radical (unpaired) electrons. The van der Waals surface area contributed by atoms with E-state index >= 15 is 0 Å². The molecule has 0 aliphatic heterocycles. The molecule has 2 aromatic rings. The van der Waals surface area contributed by atoms with Crippen LogP contribution in [0.2, 0.25) is 10.0 Å². The zero-order valence-electron chi connectivity index (χ0n) is 10.8. The minimum Gasteiger partial charge on any atom is -0.271 e. The Kier molecular flexibility index (Phi) is 4.77. The van der Waals surface area contributed by atoms with E-state index in [4.69, 9.17) is 34.8 Å². The Morgan fingerprint density at radius 2 is 1.84 bits per heavy atom. The van der Waals surface area contributed by atoms with Crippen LogP contribution in [0.25, 0.3) is 0 Å². The fourth-order valence-electron chi connectivity index (χ4n) is 2.13. The normalized spacial score (nSPS) is 12.7. The first-order valence-electron chi connectivity index (χ1n) is 6.02. The number of halogens is 3. The lowest BCUT2D eigenvalue weighted by molar-refractivity contribution is 0.657. The van der Waals surface area contributed by atoms with E-state index in [0.717, 1.165) is 33.4 Å². The van der Waals surface area contributed by atoms with Crippen molar-refractivity contribution in [3.63, 3.8) is 0 Å². The van der Waals surface area contributed by atoms with Crippen LogP contribution >= 0.6 is 34.8 Å². The van der Waals surface area contributed by atoms with Gasteiger partial charge in [-0.1, -0.05) is 35.3 Å². The van der Waals surface area contributed by atoms with Crippen LogP contribution in [0.4, 0.5) is 0 Å². The van der Waals surface area contributed by atoms with Gasteiger partial charge in [-0.2, -0.15) is 5.10 Å². The molecule has 0 saturated carbocycles. The van der Waals surface area contributed by atoms with Crippen molar-refractivity contribution in [1.82, 2.24) is 9.78 Å². The Balaban J connectivity index is 2.26. The Bertz CT molecular complexity index is 561. The molecule has 0 aliphatic carbocycles. The third kappa shape index (κ3) is 3.25. The zero-order valence-corrected chi connectivity index (χ0v) is 13.1. The van der Waals surface area contributed by atoms with Gasteiger partial charge in [0.05, 0.1) is 16.4 Å². The monoisotopic (exact) mass is 316 g/mol. The maximum absolute atomic E-state index is 6.28. The van der Waals surface area contributed by atoms with Crippen molar-refractivity contribution in [1.29, 1.82) is 0 Å². The first-order valence-corrected chi connectivity index (χ1v) is 7.31. The first kappa shape index (κ1) is 14.7. The summed E-state index contributed by atoms with van der Waals surface area (Å²) in [5.74, 6) is 0.730. The van der Waals surface area contributed by atoms with Crippen molar-refractivity contribution in [3.05, 3.63) is 51.3 Å². The summed E-state index contributed by atoms with van der Waals surface area (Å²) in [5, 5.41) is 5.78. The molecule has 0 fully saturated rings. The molecule has 2 nitrogen and oxygen atoms in total. The Labute approximate surface area is 128 Å². The summed E-state index contributed by atoms with van der Waals surface area (Å²) in [6.07, 6.45) is 0.765. The molecule has 0 amide bonds. The van der Waals surface area contributed by atoms with Crippen molar-refractivity contribution >= 4 is 34.8 Å². The molecule has 0 N–H and O–H groups in total. The highest BCUT2D eigenvalue weighted by Crippen LogP contribution is 2.28. The smallest absolute Gasteiger partial charge is 0.0847 e. The molecule has 1 aromatic carbocycles. The predicted molar refractivity (Wildman–Crippen MR) is 81.6 cm³/mol. The highest BCUT2D eigenvalue weighted by Gasteiger charge is 2.18. The van der Waals surface area contributed by atoms with Gasteiger partial charge in [0.2, 0.25) is 0 Å². The number of hydrogen-bond donors (Lipinski definition) is 0. The van der Waals surface area contributed by atoms with Crippen molar-refractivity contribution in [3.8, 4) is 0 Å². The van der Waals surface area contributed by atoms with Crippen molar-refractivity contribution in [2.75, 3.05) is 5.88 Å². The number of nitrogens with zero attached hydrogens (tertiary/aromatic N) is 2. The average molecular weight is 318 g/mol. The minimum absolute atomic E-state index is 0.200. The summed E-state index contributed by atoms with van der Waals surface area (Å²) in [7, 11) is 1.90. The van der Waals surface area contributed by atoms with Gasteiger partial charge in [0.1, 0.15) is 0 Å². The largest absolute Gasteiger partial charge is 0.271 e.